The molecule has 2 amide bonds. The normalized spacial score (nSPS) is 11.8. The lowest BCUT2D eigenvalue weighted by molar-refractivity contribution is -0.139. The summed E-state index contributed by atoms with van der Waals surface area (Å²) in [4.78, 5) is 27.7. The van der Waals surface area contributed by atoms with Crippen LogP contribution in [-0.2, 0) is 21.9 Å². The van der Waals surface area contributed by atoms with Gasteiger partial charge in [-0.15, -0.1) is 11.8 Å². The van der Waals surface area contributed by atoms with Crippen molar-refractivity contribution in [2.75, 3.05) is 12.3 Å². The molecule has 0 saturated carbocycles. The first-order valence-corrected chi connectivity index (χ1v) is 12.5. The van der Waals surface area contributed by atoms with E-state index in [9.17, 15) is 14.0 Å². The van der Waals surface area contributed by atoms with Gasteiger partial charge in [-0.1, -0.05) is 61.7 Å². The van der Waals surface area contributed by atoms with Crippen LogP contribution in [0.3, 0.4) is 0 Å². The van der Waals surface area contributed by atoms with Crippen molar-refractivity contribution in [3.05, 3.63) is 70.5 Å². The molecule has 0 spiro atoms. The number of aryl methyl sites for hydroxylation is 2. The number of benzene rings is 2. The molecule has 0 aliphatic heterocycles. The molecule has 0 fully saturated rings. The maximum atomic E-state index is 13.3. The number of carbonyl (C=O) groups is 2. The predicted molar refractivity (Wildman–Crippen MR) is 131 cm³/mol. The molecule has 0 aliphatic carbocycles. The number of unbranched alkanes of at least 4 members (excludes halogenated alkanes) is 1. The third kappa shape index (κ3) is 8.30. The first-order chi connectivity index (χ1) is 15.3. The number of hydrogen-bond acceptors (Lipinski definition) is 3. The molecule has 0 bridgehead atoms. The summed E-state index contributed by atoms with van der Waals surface area (Å²) in [7, 11) is 0. The molecule has 4 nitrogen and oxygen atoms in total. The van der Waals surface area contributed by atoms with E-state index in [1.165, 1.54) is 28.8 Å². The van der Waals surface area contributed by atoms with Gasteiger partial charge in [-0.3, -0.25) is 9.59 Å². The van der Waals surface area contributed by atoms with E-state index < -0.39 is 6.04 Å². The minimum absolute atomic E-state index is 0.0822. The van der Waals surface area contributed by atoms with Crippen molar-refractivity contribution in [1.82, 2.24) is 10.2 Å². The highest BCUT2D eigenvalue weighted by Gasteiger charge is 2.28. The lowest BCUT2D eigenvalue weighted by Crippen LogP contribution is -2.49. The van der Waals surface area contributed by atoms with Gasteiger partial charge in [-0.2, -0.15) is 0 Å². The summed E-state index contributed by atoms with van der Waals surface area (Å²) in [5.74, 6) is 0.488. The molecular weight excluding hydrogens is 423 g/mol. The molecule has 0 aromatic heterocycles. The van der Waals surface area contributed by atoms with Gasteiger partial charge in [0.25, 0.3) is 0 Å². The zero-order valence-corrected chi connectivity index (χ0v) is 20.4. The number of rotatable bonds is 12. The van der Waals surface area contributed by atoms with Gasteiger partial charge in [0.2, 0.25) is 11.8 Å². The first kappa shape index (κ1) is 25.9. The second-order valence-electron chi connectivity index (χ2n) is 8.21. The van der Waals surface area contributed by atoms with Crippen molar-refractivity contribution >= 4 is 23.6 Å². The highest BCUT2D eigenvalue weighted by molar-refractivity contribution is 7.99. The second kappa shape index (κ2) is 13.3. The number of halogens is 1. The zero-order chi connectivity index (χ0) is 23.5. The van der Waals surface area contributed by atoms with Crippen molar-refractivity contribution in [3.63, 3.8) is 0 Å². The van der Waals surface area contributed by atoms with E-state index in [1.54, 1.807) is 28.8 Å². The van der Waals surface area contributed by atoms with Gasteiger partial charge in [-0.05, 0) is 49.9 Å². The summed E-state index contributed by atoms with van der Waals surface area (Å²) in [6.45, 7) is 9.01. The van der Waals surface area contributed by atoms with E-state index in [0.29, 0.717) is 13.0 Å². The Hall–Kier alpha value is -2.34. The Morgan fingerprint density at radius 3 is 2.28 bits per heavy atom. The van der Waals surface area contributed by atoms with Gasteiger partial charge >= 0.3 is 0 Å². The number of thioether (sulfide) groups is 1. The molecule has 2 aromatic rings. The quantitative estimate of drug-likeness (QED) is 0.433. The van der Waals surface area contributed by atoms with Crippen LogP contribution in [0.5, 0.6) is 0 Å². The number of hydrogen-bond donors (Lipinski definition) is 1. The highest BCUT2D eigenvalue weighted by Crippen LogP contribution is 2.19. The van der Waals surface area contributed by atoms with Crippen LogP contribution >= 0.6 is 11.8 Å². The SMILES string of the molecule is CCCCNC(=O)C(CC)N(Cc1ccc(F)cc1)C(=O)CSCc1cc(C)cc(C)c1. The number of nitrogens with zero attached hydrogens (tertiary/aromatic N) is 1. The summed E-state index contributed by atoms with van der Waals surface area (Å²) in [6.07, 6.45) is 2.41. The minimum atomic E-state index is -0.550. The maximum Gasteiger partial charge on any atom is 0.242 e. The minimum Gasteiger partial charge on any atom is -0.354 e. The van der Waals surface area contributed by atoms with Gasteiger partial charge in [0.05, 0.1) is 5.75 Å². The molecule has 0 aliphatic rings. The third-order valence-electron chi connectivity index (χ3n) is 5.26. The third-order valence-corrected chi connectivity index (χ3v) is 6.25. The summed E-state index contributed by atoms with van der Waals surface area (Å²) in [5, 5.41) is 2.96. The fourth-order valence-corrected chi connectivity index (χ4v) is 4.55. The molecule has 0 saturated heterocycles. The molecule has 32 heavy (non-hydrogen) atoms. The predicted octanol–water partition coefficient (Wildman–Crippen LogP) is 5.40. The average molecular weight is 459 g/mol. The van der Waals surface area contributed by atoms with E-state index in [0.717, 1.165) is 24.2 Å². The Morgan fingerprint density at radius 1 is 1.03 bits per heavy atom. The van der Waals surface area contributed by atoms with Crippen LogP contribution in [-0.4, -0.2) is 35.1 Å². The number of amides is 2. The van der Waals surface area contributed by atoms with E-state index >= 15 is 0 Å². The van der Waals surface area contributed by atoms with E-state index in [1.807, 2.05) is 6.92 Å². The summed E-state index contributed by atoms with van der Waals surface area (Å²) in [6, 6.07) is 12.0. The van der Waals surface area contributed by atoms with Crippen molar-refractivity contribution in [2.24, 2.45) is 0 Å². The molecule has 2 aromatic carbocycles. The van der Waals surface area contributed by atoms with Crippen LogP contribution in [0.25, 0.3) is 0 Å². The molecule has 174 valence electrons. The summed E-state index contributed by atoms with van der Waals surface area (Å²) < 4.78 is 13.3. The number of carbonyl (C=O) groups excluding carboxylic acids is 2. The monoisotopic (exact) mass is 458 g/mol. The van der Waals surface area contributed by atoms with Crippen LogP contribution in [0.15, 0.2) is 42.5 Å². The summed E-state index contributed by atoms with van der Waals surface area (Å²) >= 11 is 1.55. The molecule has 1 unspecified atom stereocenters. The summed E-state index contributed by atoms with van der Waals surface area (Å²) in [5.41, 5.74) is 4.41. The van der Waals surface area contributed by atoms with Crippen molar-refractivity contribution in [1.29, 1.82) is 0 Å². The smallest absolute Gasteiger partial charge is 0.242 e. The van der Waals surface area contributed by atoms with Crippen LogP contribution in [0, 0.1) is 19.7 Å². The van der Waals surface area contributed by atoms with Crippen LogP contribution in [0.2, 0.25) is 0 Å². The Morgan fingerprint density at radius 2 is 1.69 bits per heavy atom. The molecule has 6 heteroatoms. The van der Waals surface area contributed by atoms with E-state index in [2.05, 4.69) is 44.3 Å². The topological polar surface area (TPSA) is 49.4 Å². The molecule has 1 N–H and O–H groups in total. The average Bonchev–Trinajstić information content (AvgIpc) is 2.74. The van der Waals surface area contributed by atoms with Gasteiger partial charge < -0.3 is 10.2 Å². The van der Waals surface area contributed by atoms with E-state index in [4.69, 9.17) is 0 Å². The van der Waals surface area contributed by atoms with Crippen LogP contribution in [0.4, 0.5) is 4.39 Å². The van der Waals surface area contributed by atoms with Crippen molar-refractivity contribution < 1.29 is 14.0 Å². The second-order valence-corrected chi connectivity index (χ2v) is 9.19. The Kier molecular flexibility index (Phi) is 10.7. The first-order valence-electron chi connectivity index (χ1n) is 11.3. The van der Waals surface area contributed by atoms with Gasteiger partial charge in [0, 0.05) is 18.8 Å². The fraction of sp³-hybridized carbons (Fsp3) is 0.462. The lowest BCUT2D eigenvalue weighted by Gasteiger charge is -2.30. The molecule has 1 atom stereocenters. The Labute approximate surface area is 196 Å². The van der Waals surface area contributed by atoms with Crippen molar-refractivity contribution in [3.8, 4) is 0 Å². The van der Waals surface area contributed by atoms with Gasteiger partial charge in [0.1, 0.15) is 11.9 Å². The molecular formula is C26H35FN2O2S. The fourth-order valence-electron chi connectivity index (χ4n) is 3.70. The molecule has 2 rings (SSSR count). The van der Waals surface area contributed by atoms with Gasteiger partial charge in [-0.25, -0.2) is 4.39 Å². The number of nitrogens with one attached hydrogen (secondary N) is 1. The Bertz CT molecular complexity index is 866. The lowest BCUT2D eigenvalue weighted by atomic mass is 10.1. The van der Waals surface area contributed by atoms with E-state index in [-0.39, 0.29) is 29.9 Å². The standard InChI is InChI=1S/C26H35FN2O2S/c1-5-7-12-28-26(31)24(6-2)29(16-21-8-10-23(27)11-9-21)25(30)18-32-17-22-14-19(3)13-20(4)15-22/h8-11,13-15,24H,5-7,12,16-18H2,1-4H3,(H,28,31). The Balaban J connectivity index is 2.11. The maximum absolute atomic E-state index is 13.3. The molecule has 0 heterocycles. The highest BCUT2D eigenvalue weighted by atomic mass is 32.2. The largest absolute Gasteiger partial charge is 0.354 e. The zero-order valence-electron chi connectivity index (χ0n) is 19.6. The molecule has 0 radical (unpaired) electrons. The van der Waals surface area contributed by atoms with Crippen molar-refractivity contribution in [2.45, 2.75) is 65.3 Å². The van der Waals surface area contributed by atoms with Gasteiger partial charge in [0.15, 0.2) is 0 Å². The van der Waals surface area contributed by atoms with Crippen LogP contribution in [0.1, 0.15) is 55.4 Å². The van der Waals surface area contributed by atoms with Crippen LogP contribution < -0.4 is 5.32 Å².